The maximum absolute atomic E-state index is 12.5. The quantitative estimate of drug-likeness (QED) is 0.743. The van der Waals surface area contributed by atoms with Crippen molar-refractivity contribution >= 4 is 22.5 Å². The van der Waals surface area contributed by atoms with Crippen molar-refractivity contribution in [3.8, 4) is 0 Å². The molecule has 106 valence electrons. The first-order valence-corrected chi connectivity index (χ1v) is 6.84. The van der Waals surface area contributed by atoms with Gasteiger partial charge in [0.2, 0.25) is 0 Å². The molecule has 0 bridgehead atoms. The molecule has 1 amide bonds. The summed E-state index contributed by atoms with van der Waals surface area (Å²) in [5.41, 5.74) is 7.96. The average molecular weight is 273 g/mol. The van der Waals surface area contributed by atoms with E-state index in [1.54, 1.807) is 17.2 Å². The van der Waals surface area contributed by atoms with Crippen LogP contribution in [0.2, 0.25) is 0 Å². The lowest BCUT2D eigenvalue weighted by Crippen LogP contribution is -2.39. The number of nitrogens with two attached hydrogens (primary N) is 1. The molecule has 0 saturated heterocycles. The minimum atomic E-state index is -0.181. The second-order valence-corrected chi connectivity index (χ2v) is 5.68. The number of aromatic nitrogens is 1. The molecule has 0 aliphatic heterocycles. The fraction of sp³-hybridized carbons (Fsp3) is 0.400. The van der Waals surface area contributed by atoms with E-state index in [2.05, 4.69) is 4.98 Å². The number of benzene rings is 1. The number of hydrogen-bond donors (Lipinski definition) is 3. The van der Waals surface area contributed by atoms with Gasteiger partial charge in [-0.15, -0.1) is 0 Å². The highest BCUT2D eigenvalue weighted by Gasteiger charge is 2.29. The zero-order valence-corrected chi connectivity index (χ0v) is 11.5. The Hall–Kier alpha value is -2.01. The number of aliphatic hydroxyl groups is 1. The van der Waals surface area contributed by atoms with Gasteiger partial charge in [-0.3, -0.25) is 4.79 Å². The minimum absolute atomic E-state index is 0.00223. The molecular weight excluding hydrogens is 254 g/mol. The number of rotatable bonds is 3. The lowest BCUT2D eigenvalue weighted by Gasteiger charge is -2.34. The van der Waals surface area contributed by atoms with Gasteiger partial charge < -0.3 is 20.7 Å². The molecule has 5 heteroatoms. The molecule has 0 atom stereocenters. The predicted octanol–water partition coefficient (Wildman–Crippen LogP) is 1.59. The Morgan fingerprint density at radius 2 is 2.25 bits per heavy atom. The smallest absolute Gasteiger partial charge is 0.255 e. The molecule has 1 saturated carbocycles. The van der Waals surface area contributed by atoms with Crippen LogP contribution in [-0.4, -0.2) is 40.6 Å². The molecule has 5 nitrogen and oxygen atoms in total. The number of aliphatic hydroxyl groups excluding tert-OH is 1. The molecule has 20 heavy (non-hydrogen) atoms. The summed E-state index contributed by atoms with van der Waals surface area (Å²) in [6.07, 6.45) is 3.14. The Bertz CT molecular complexity index is 644. The summed E-state index contributed by atoms with van der Waals surface area (Å²) in [6.45, 7) is 0.692. The van der Waals surface area contributed by atoms with Gasteiger partial charge in [0.15, 0.2) is 0 Å². The van der Waals surface area contributed by atoms with Gasteiger partial charge >= 0.3 is 0 Å². The molecule has 1 aromatic heterocycles. The summed E-state index contributed by atoms with van der Waals surface area (Å²) in [6, 6.07) is 5.50. The van der Waals surface area contributed by atoms with Crippen molar-refractivity contribution in [2.45, 2.75) is 18.9 Å². The lowest BCUT2D eigenvalue weighted by atomic mass is 9.82. The molecule has 4 N–H and O–H groups in total. The standard InChI is InChI=1S/C15H19N3O2/c1-18(8-9-4-11(19)5-9)15(20)13-7-17-14-6-10(16)2-3-12(13)14/h2-3,6-7,9,11,17,19H,4-5,8,16H2,1H3. The number of aromatic amines is 1. The fourth-order valence-corrected chi connectivity index (χ4v) is 2.85. The molecular formula is C15H19N3O2. The normalized spacial score (nSPS) is 21.7. The third-order valence-corrected chi connectivity index (χ3v) is 4.03. The van der Waals surface area contributed by atoms with Crippen molar-refractivity contribution in [2.24, 2.45) is 5.92 Å². The summed E-state index contributed by atoms with van der Waals surface area (Å²) >= 11 is 0. The van der Waals surface area contributed by atoms with E-state index < -0.39 is 0 Å². The van der Waals surface area contributed by atoms with Gasteiger partial charge in [0.1, 0.15) is 0 Å². The van der Waals surface area contributed by atoms with Crippen molar-refractivity contribution in [3.63, 3.8) is 0 Å². The first-order valence-electron chi connectivity index (χ1n) is 6.84. The molecule has 0 unspecified atom stereocenters. The van der Waals surface area contributed by atoms with Crippen molar-refractivity contribution in [1.82, 2.24) is 9.88 Å². The highest BCUT2D eigenvalue weighted by Crippen LogP contribution is 2.28. The first-order chi connectivity index (χ1) is 9.54. The number of amides is 1. The van der Waals surface area contributed by atoms with Gasteiger partial charge in [0, 0.05) is 36.4 Å². The van der Waals surface area contributed by atoms with Crippen LogP contribution < -0.4 is 5.73 Å². The van der Waals surface area contributed by atoms with Crippen molar-refractivity contribution in [2.75, 3.05) is 19.3 Å². The molecule has 1 aliphatic carbocycles. The summed E-state index contributed by atoms with van der Waals surface area (Å²) in [7, 11) is 1.81. The second kappa shape index (κ2) is 4.83. The Balaban J connectivity index is 1.78. The number of fused-ring (bicyclic) bond motifs is 1. The summed E-state index contributed by atoms with van der Waals surface area (Å²) in [5.74, 6) is 0.419. The maximum Gasteiger partial charge on any atom is 0.255 e. The molecule has 1 fully saturated rings. The van der Waals surface area contributed by atoms with Crippen LogP contribution in [0.15, 0.2) is 24.4 Å². The van der Waals surface area contributed by atoms with E-state index in [9.17, 15) is 9.90 Å². The first kappa shape index (κ1) is 13.0. The van der Waals surface area contributed by atoms with Gasteiger partial charge in [0.25, 0.3) is 5.91 Å². The van der Waals surface area contributed by atoms with Gasteiger partial charge in [0.05, 0.1) is 11.7 Å². The van der Waals surface area contributed by atoms with Gasteiger partial charge in [-0.05, 0) is 37.0 Å². The van der Waals surface area contributed by atoms with E-state index in [1.807, 2.05) is 19.2 Å². The largest absolute Gasteiger partial charge is 0.399 e. The number of nitrogens with one attached hydrogen (secondary N) is 1. The predicted molar refractivity (Wildman–Crippen MR) is 78.4 cm³/mol. The lowest BCUT2D eigenvalue weighted by molar-refractivity contribution is 0.0266. The van der Waals surface area contributed by atoms with Crippen molar-refractivity contribution < 1.29 is 9.90 Å². The maximum atomic E-state index is 12.5. The van der Waals surface area contributed by atoms with Gasteiger partial charge in [-0.25, -0.2) is 0 Å². The van der Waals surface area contributed by atoms with E-state index in [-0.39, 0.29) is 12.0 Å². The molecule has 1 aromatic carbocycles. The third kappa shape index (κ3) is 2.25. The van der Waals surface area contributed by atoms with Crippen LogP contribution in [0.5, 0.6) is 0 Å². The number of H-pyrrole nitrogens is 1. The van der Waals surface area contributed by atoms with E-state index in [0.717, 1.165) is 23.7 Å². The van der Waals surface area contributed by atoms with Crippen LogP contribution >= 0.6 is 0 Å². The Labute approximate surface area is 117 Å². The van der Waals surface area contributed by atoms with E-state index in [0.29, 0.717) is 23.7 Å². The molecule has 1 aliphatic rings. The number of nitrogens with zero attached hydrogens (tertiary/aromatic N) is 1. The Morgan fingerprint density at radius 1 is 1.50 bits per heavy atom. The van der Waals surface area contributed by atoms with Crippen LogP contribution in [0, 0.1) is 5.92 Å². The summed E-state index contributed by atoms with van der Waals surface area (Å²) < 4.78 is 0. The minimum Gasteiger partial charge on any atom is -0.399 e. The Kier molecular flexibility index (Phi) is 3.14. The number of hydrogen-bond acceptors (Lipinski definition) is 3. The van der Waals surface area contributed by atoms with E-state index in [4.69, 9.17) is 5.73 Å². The topological polar surface area (TPSA) is 82.3 Å². The Morgan fingerprint density at radius 3 is 2.95 bits per heavy atom. The van der Waals surface area contributed by atoms with E-state index >= 15 is 0 Å². The van der Waals surface area contributed by atoms with Crippen LogP contribution in [0.3, 0.4) is 0 Å². The highest BCUT2D eigenvalue weighted by molar-refractivity contribution is 6.07. The zero-order chi connectivity index (χ0) is 14.3. The monoisotopic (exact) mass is 273 g/mol. The second-order valence-electron chi connectivity index (χ2n) is 5.68. The zero-order valence-electron chi connectivity index (χ0n) is 11.5. The molecule has 0 radical (unpaired) electrons. The number of carbonyl (C=O) groups is 1. The number of carbonyl (C=O) groups excluding carboxylic acids is 1. The van der Waals surface area contributed by atoms with Crippen LogP contribution in [0.25, 0.3) is 10.9 Å². The fourth-order valence-electron chi connectivity index (χ4n) is 2.85. The van der Waals surface area contributed by atoms with Crippen molar-refractivity contribution in [1.29, 1.82) is 0 Å². The van der Waals surface area contributed by atoms with Crippen LogP contribution in [0.4, 0.5) is 5.69 Å². The molecule has 0 spiro atoms. The number of nitrogen functional groups attached to an aromatic ring is 1. The third-order valence-electron chi connectivity index (χ3n) is 4.03. The molecule has 2 aromatic rings. The molecule has 1 heterocycles. The van der Waals surface area contributed by atoms with E-state index in [1.165, 1.54) is 0 Å². The van der Waals surface area contributed by atoms with Crippen molar-refractivity contribution in [3.05, 3.63) is 30.0 Å². The molecule has 3 rings (SSSR count). The SMILES string of the molecule is CN(CC1CC(O)C1)C(=O)c1c[nH]c2cc(N)ccc12. The summed E-state index contributed by atoms with van der Waals surface area (Å²) in [5, 5.41) is 10.2. The highest BCUT2D eigenvalue weighted by atomic mass is 16.3. The van der Waals surface area contributed by atoms with Gasteiger partial charge in [-0.1, -0.05) is 0 Å². The average Bonchev–Trinajstić information content (AvgIpc) is 2.78. The van der Waals surface area contributed by atoms with Crippen LogP contribution in [-0.2, 0) is 0 Å². The van der Waals surface area contributed by atoms with Gasteiger partial charge in [-0.2, -0.15) is 0 Å². The summed E-state index contributed by atoms with van der Waals surface area (Å²) in [4.78, 5) is 17.3. The number of anilines is 1. The van der Waals surface area contributed by atoms with Crippen LogP contribution in [0.1, 0.15) is 23.2 Å².